The number of carbonyl (C=O) groups is 2. The quantitative estimate of drug-likeness (QED) is 0.265. The van der Waals surface area contributed by atoms with E-state index >= 15 is 0 Å². The second-order valence-corrected chi connectivity index (χ2v) is 12.1. The van der Waals surface area contributed by atoms with Gasteiger partial charge in [0, 0.05) is 25.2 Å². The summed E-state index contributed by atoms with van der Waals surface area (Å²) in [5.74, 6) is -3.43. The molecule has 0 radical (unpaired) electrons. The third-order valence-corrected chi connectivity index (χ3v) is 8.92. The van der Waals surface area contributed by atoms with E-state index in [9.17, 15) is 31.5 Å². The second-order valence-electron chi connectivity index (χ2n) is 12.1. The lowest BCUT2D eigenvalue weighted by Gasteiger charge is -2.34. The Balaban J connectivity index is 1.26. The highest BCUT2D eigenvalue weighted by atomic mass is 19.4. The summed E-state index contributed by atoms with van der Waals surface area (Å²) in [6.07, 6.45) is 2.49. The van der Waals surface area contributed by atoms with Crippen molar-refractivity contribution in [3.05, 3.63) is 47.2 Å². The van der Waals surface area contributed by atoms with Crippen LogP contribution in [0, 0.1) is 11.8 Å². The Morgan fingerprint density at radius 2 is 1.74 bits per heavy atom. The zero-order valence-corrected chi connectivity index (χ0v) is 23.4. The average molecular weight is 609 g/mol. The van der Waals surface area contributed by atoms with Crippen molar-refractivity contribution in [1.29, 1.82) is 0 Å². The van der Waals surface area contributed by atoms with Crippen LogP contribution >= 0.6 is 0 Å². The van der Waals surface area contributed by atoms with E-state index in [-0.39, 0.29) is 43.4 Å². The molecule has 6 rings (SSSR count). The second kappa shape index (κ2) is 11.5. The number of rotatable bonds is 10. The van der Waals surface area contributed by atoms with Crippen LogP contribution in [0.3, 0.4) is 0 Å². The Morgan fingerprint density at radius 3 is 2.40 bits per heavy atom. The predicted molar refractivity (Wildman–Crippen MR) is 142 cm³/mol. The molecule has 3 aliphatic rings. The molecule has 2 amide bonds. The molecule has 43 heavy (non-hydrogen) atoms. The molecule has 9 nitrogen and oxygen atoms in total. The normalized spacial score (nSPS) is 20.9. The van der Waals surface area contributed by atoms with Gasteiger partial charge in [0.25, 0.3) is 5.91 Å². The van der Waals surface area contributed by atoms with E-state index < -0.39 is 48.8 Å². The first-order valence-electron chi connectivity index (χ1n) is 14.8. The van der Waals surface area contributed by atoms with Crippen molar-refractivity contribution in [2.24, 2.45) is 11.8 Å². The van der Waals surface area contributed by atoms with Gasteiger partial charge in [-0.1, -0.05) is 11.6 Å². The molecule has 3 aliphatic carbocycles. The Hall–Kier alpha value is -3.58. The molecule has 3 aromatic rings. The van der Waals surface area contributed by atoms with Crippen molar-refractivity contribution in [2.45, 2.75) is 101 Å². The number of nitrogens with one attached hydrogen (secondary N) is 2. The number of imidazole rings is 1. The molecule has 0 aromatic carbocycles. The van der Waals surface area contributed by atoms with Crippen LogP contribution in [-0.2, 0) is 4.79 Å². The highest BCUT2D eigenvalue weighted by Crippen LogP contribution is 2.44. The fourth-order valence-electron chi connectivity index (χ4n) is 6.08. The van der Waals surface area contributed by atoms with E-state index in [4.69, 9.17) is 9.51 Å². The van der Waals surface area contributed by atoms with Crippen molar-refractivity contribution in [2.75, 3.05) is 0 Å². The smallest absolute Gasteiger partial charge is 0.360 e. The first-order chi connectivity index (χ1) is 20.5. The number of hydrogen-bond acceptors (Lipinski definition) is 6. The van der Waals surface area contributed by atoms with Gasteiger partial charge in [-0.15, -0.1) is 0 Å². The highest BCUT2D eigenvalue weighted by Gasteiger charge is 2.40. The van der Waals surface area contributed by atoms with Gasteiger partial charge in [-0.3, -0.25) is 9.59 Å². The maximum Gasteiger partial charge on any atom is 0.389 e. The maximum absolute atomic E-state index is 14.0. The molecule has 0 bridgehead atoms. The van der Waals surface area contributed by atoms with E-state index in [2.05, 4.69) is 20.9 Å². The lowest BCUT2D eigenvalue weighted by Crippen LogP contribution is -2.37. The van der Waals surface area contributed by atoms with Gasteiger partial charge < -0.3 is 15.2 Å². The van der Waals surface area contributed by atoms with Crippen LogP contribution in [0.4, 0.5) is 22.0 Å². The van der Waals surface area contributed by atoms with Crippen LogP contribution < -0.4 is 10.6 Å². The molecule has 0 saturated heterocycles. The summed E-state index contributed by atoms with van der Waals surface area (Å²) in [7, 11) is 0. The van der Waals surface area contributed by atoms with E-state index in [0.29, 0.717) is 28.2 Å². The topological polar surface area (TPSA) is 114 Å². The monoisotopic (exact) mass is 608 g/mol. The van der Waals surface area contributed by atoms with Crippen LogP contribution in [0.25, 0.3) is 5.65 Å². The van der Waals surface area contributed by atoms with Crippen molar-refractivity contribution in [3.63, 3.8) is 0 Å². The number of fused-ring (bicyclic) bond motifs is 1. The lowest BCUT2D eigenvalue weighted by atomic mass is 9.77. The third kappa shape index (κ3) is 6.82. The zero-order chi connectivity index (χ0) is 30.4. The molecule has 0 aliphatic heterocycles. The molecule has 2 atom stereocenters. The van der Waals surface area contributed by atoms with Gasteiger partial charge >= 0.3 is 6.18 Å². The number of halogens is 5. The van der Waals surface area contributed by atoms with Gasteiger partial charge in [0.2, 0.25) is 11.8 Å². The first kappa shape index (κ1) is 29.5. The summed E-state index contributed by atoms with van der Waals surface area (Å²) in [6, 6.07) is 0.528. The van der Waals surface area contributed by atoms with Gasteiger partial charge in [-0.05, 0) is 62.0 Å². The number of carbonyl (C=O) groups excluding carboxylic acids is 2. The molecular formula is C29H33F5N6O3. The Bertz CT molecular complexity index is 1470. The molecule has 14 heteroatoms. The summed E-state index contributed by atoms with van der Waals surface area (Å²) < 4.78 is 72.9. The van der Waals surface area contributed by atoms with Crippen molar-refractivity contribution < 1.29 is 36.1 Å². The SMILES string of the molecule is O=C(CCC(F)(F)F)N[C@@H](c1cnn2cc([C@@H](NC(=O)c3cnoc3C3CC3)C3CCC(F)(F)CC3)nc2c1)C1CCC1. The number of aromatic nitrogens is 4. The van der Waals surface area contributed by atoms with Crippen LogP contribution in [0.5, 0.6) is 0 Å². The molecule has 0 spiro atoms. The molecular weight excluding hydrogens is 575 g/mol. The molecule has 3 saturated carbocycles. The average Bonchev–Trinajstić information content (AvgIpc) is 3.48. The van der Waals surface area contributed by atoms with Crippen LogP contribution in [-0.4, -0.2) is 43.7 Å². The van der Waals surface area contributed by atoms with Crippen LogP contribution in [0.15, 0.2) is 29.2 Å². The molecule has 3 fully saturated rings. The van der Waals surface area contributed by atoms with E-state index in [0.717, 1.165) is 32.1 Å². The summed E-state index contributed by atoms with van der Waals surface area (Å²) in [4.78, 5) is 30.5. The Labute approximate surface area is 244 Å². The summed E-state index contributed by atoms with van der Waals surface area (Å²) in [6.45, 7) is 0. The number of nitrogens with zero attached hydrogens (tertiary/aromatic N) is 4. The fraction of sp³-hybridized carbons (Fsp3) is 0.621. The summed E-state index contributed by atoms with van der Waals surface area (Å²) in [5.41, 5.74) is 1.80. The van der Waals surface area contributed by atoms with Crippen molar-refractivity contribution in [1.82, 2.24) is 30.4 Å². The van der Waals surface area contributed by atoms with Crippen molar-refractivity contribution >= 4 is 17.5 Å². The molecule has 3 aromatic heterocycles. The minimum absolute atomic E-state index is 0.0636. The van der Waals surface area contributed by atoms with Crippen LogP contribution in [0.1, 0.15) is 116 Å². The summed E-state index contributed by atoms with van der Waals surface area (Å²) >= 11 is 0. The lowest BCUT2D eigenvalue weighted by molar-refractivity contribution is -0.144. The minimum Gasteiger partial charge on any atom is -0.360 e. The van der Waals surface area contributed by atoms with Gasteiger partial charge in [0.1, 0.15) is 5.56 Å². The highest BCUT2D eigenvalue weighted by molar-refractivity contribution is 5.95. The fourth-order valence-corrected chi connectivity index (χ4v) is 6.08. The van der Waals surface area contributed by atoms with E-state index in [1.807, 2.05) is 0 Å². The predicted octanol–water partition coefficient (Wildman–Crippen LogP) is 6.19. The van der Waals surface area contributed by atoms with Gasteiger partial charge in [0.05, 0.1) is 42.8 Å². The van der Waals surface area contributed by atoms with Gasteiger partial charge in [-0.2, -0.15) is 18.3 Å². The molecule has 3 heterocycles. The maximum atomic E-state index is 14.0. The number of amides is 2. The first-order valence-corrected chi connectivity index (χ1v) is 14.8. The Morgan fingerprint density at radius 1 is 1.02 bits per heavy atom. The van der Waals surface area contributed by atoms with E-state index in [1.165, 1.54) is 10.7 Å². The van der Waals surface area contributed by atoms with Crippen molar-refractivity contribution in [3.8, 4) is 0 Å². The largest absolute Gasteiger partial charge is 0.389 e. The minimum atomic E-state index is -4.43. The molecule has 2 N–H and O–H groups in total. The van der Waals surface area contributed by atoms with Gasteiger partial charge in [-0.25, -0.2) is 18.3 Å². The number of alkyl halides is 5. The number of hydrogen-bond donors (Lipinski definition) is 2. The molecule has 232 valence electrons. The third-order valence-electron chi connectivity index (χ3n) is 8.92. The standard InChI is InChI=1S/C29H33F5N6O3/c30-28(31)9-6-17(7-10-28)25(39-27(42)20-14-36-43-26(20)18-4-5-18)21-15-40-22(37-21)12-19(13-35-40)24(16-2-1-3-16)38-23(41)8-11-29(32,33)34/h12-18,24-25H,1-11H2,(H,38,41)(H,39,42)/t24-,25+/m1/s1. The van der Waals surface area contributed by atoms with Gasteiger partial charge in [0.15, 0.2) is 11.4 Å². The zero-order valence-electron chi connectivity index (χ0n) is 23.4. The molecule has 0 unspecified atom stereocenters. The van der Waals surface area contributed by atoms with Crippen LogP contribution in [0.2, 0.25) is 0 Å². The Kier molecular flexibility index (Phi) is 7.88. The van der Waals surface area contributed by atoms with E-state index in [1.54, 1.807) is 18.5 Å². The summed E-state index contributed by atoms with van der Waals surface area (Å²) in [5, 5.41) is 14.0.